The van der Waals surface area contributed by atoms with Gasteiger partial charge in [-0.2, -0.15) is 0 Å². The van der Waals surface area contributed by atoms with E-state index in [0.29, 0.717) is 45.3 Å². The molecule has 0 bridgehead atoms. The average Bonchev–Trinajstić information content (AvgIpc) is 3.65. The molecule has 37 heavy (non-hydrogen) atoms. The van der Waals surface area contributed by atoms with Crippen LogP contribution in [-0.2, 0) is 13.0 Å². The lowest BCUT2D eigenvalue weighted by molar-refractivity contribution is 0.0696. The maximum absolute atomic E-state index is 11.4. The number of carboxylic acids is 1. The van der Waals surface area contributed by atoms with Gasteiger partial charge in [-0.05, 0) is 55.2 Å². The minimum Gasteiger partial charge on any atom is -0.478 e. The van der Waals surface area contributed by atoms with Crippen LogP contribution in [0.1, 0.15) is 63.4 Å². The van der Waals surface area contributed by atoms with Crippen molar-refractivity contribution in [2.24, 2.45) is 0 Å². The van der Waals surface area contributed by atoms with Crippen LogP contribution < -0.4 is 9.47 Å². The number of pyridine rings is 1. The van der Waals surface area contributed by atoms with Crippen molar-refractivity contribution < 1.29 is 29.0 Å². The van der Waals surface area contributed by atoms with Crippen molar-refractivity contribution in [2.75, 3.05) is 0 Å². The average molecular weight is 519 g/mol. The van der Waals surface area contributed by atoms with Crippen molar-refractivity contribution >= 4 is 17.6 Å². The summed E-state index contributed by atoms with van der Waals surface area (Å²) in [7, 11) is 0. The first-order chi connectivity index (χ1) is 17.9. The first-order valence-electron chi connectivity index (χ1n) is 12.0. The third-order valence-electron chi connectivity index (χ3n) is 6.71. The monoisotopic (exact) mass is 518 g/mol. The molecule has 9 heteroatoms. The molecule has 1 saturated carbocycles. The van der Waals surface area contributed by atoms with Crippen LogP contribution in [0.2, 0.25) is 5.02 Å². The van der Waals surface area contributed by atoms with Gasteiger partial charge in [0.05, 0.1) is 16.1 Å². The summed E-state index contributed by atoms with van der Waals surface area (Å²) in [6, 6.07) is 13.6. The summed E-state index contributed by atoms with van der Waals surface area (Å²) in [5, 5.41) is 25.1. The maximum Gasteiger partial charge on any atom is 0.335 e. The number of aromatic nitrogens is 2. The molecule has 2 N–H and O–H groups in total. The molecular formula is C28H23ClN2O6. The number of rotatable bonds is 6. The molecule has 1 unspecified atom stereocenters. The van der Waals surface area contributed by atoms with E-state index in [1.807, 2.05) is 25.1 Å². The molecule has 4 aromatic rings. The Morgan fingerprint density at radius 3 is 2.76 bits per heavy atom. The quantitative estimate of drug-likeness (QED) is 0.308. The van der Waals surface area contributed by atoms with Gasteiger partial charge in [-0.15, -0.1) is 0 Å². The number of halogens is 1. The van der Waals surface area contributed by atoms with Gasteiger partial charge in [0, 0.05) is 24.0 Å². The summed E-state index contributed by atoms with van der Waals surface area (Å²) >= 11 is 6.52. The molecule has 8 nitrogen and oxygen atoms in total. The molecule has 188 valence electrons. The van der Waals surface area contributed by atoms with Crippen LogP contribution in [0.3, 0.4) is 0 Å². The zero-order valence-electron chi connectivity index (χ0n) is 19.9. The van der Waals surface area contributed by atoms with E-state index < -0.39 is 12.1 Å². The second-order valence-corrected chi connectivity index (χ2v) is 9.76. The number of nitrogens with zero attached hydrogens (tertiary/aromatic N) is 2. The van der Waals surface area contributed by atoms with Crippen molar-refractivity contribution in [3.8, 4) is 28.6 Å². The number of hydrogen-bond acceptors (Lipinski definition) is 7. The molecular weight excluding hydrogens is 496 g/mol. The lowest BCUT2D eigenvalue weighted by atomic mass is 10.0. The third kappa shape index (κ3) is 4.43. The van der Waals surface area contributed by atoms with Crippen LogP contribution in [0, 0.1) is 6.92 Å². The van der Waals surface area contributed by atoms with Crippen molar-refractivity contribution in [3.63, 3.8) is 0 Å². The summed E-state index contributed by atoms with van der Waals surface area (Å²) < 4.78 is 17.8. The van der Waals surface area contributed by atoms with Gasteiger partial charge in [0.2, 0.25) is 5.88 Å². The molecule has 0 amide bonds. The van der Waals surface area contributed by atoms with E-state index in [2.05, 4.69) is 10.1 Å². The van der Waals surface area contributed by atoms with Crippen LogP contribution in [0.5, 0.6) is 17.4 Å². The lowest BCUT2D eigenvalue weighted by Gasteiger charge is -2.13. The van der Waals surface area contributed by atoms with Crippen LogP contribution >= 0.6 is 11.6 Å². The molecule has 1 aliphatic carbocycles. The van der Waals surface area contributed by atoms with Gasteiger partial charge in [-0.3, -0.25) is 0 Å². The van der Waals surface area contributed by atoms with Crippen LogP contribution in [0.25, 0.3) is 11.3 Å². The third-order valence-corrected chi connectivity index (χ3v) is 7.03. The normalized spacial score (nSPS) is 16.4. The van der Waals surface area contributed by atoms with E-state index in [0.717, 1.165) is 35.3 Å². The van der Waals surface area contributed by atoms with Crippen molar-refractivity contribution in [3.05, 3.63) is 87.3 Å². The molecule has 0 radical (unpaired) electrons. The second-order valence-electron chi connectivity index (χ2n) is 9.35. The highest BCUT2D eigenvalue weighted by atomic mass is 35.5. The Hall–Kier alpha value is -3.88. The molecule has 1 aliphatic heterocycles. The van der Waals surface area contributed by atoms with Gasteiger partial charge < -0.3 is 24.2 Å². The largest absolute Gasteiger partial charge is 0.478 e. The highest BCUT2D eigenvalue weighted by molar-refractivity contribution is 6.33. The van der Waals surface area contributed by atoms with E-state index in [9.17, 15) is 15.0 Å². The van der Waals surface area contributed by atoms with Gasteiger partial charge in [-0.25, -0.2) is 9.78 Å². The van der Waals surface area contributed by atoms with Crippen molar-refractivity contribution in [1.82, 2.24) is 10.1 Å². The Morgan fingerprint density at radius 2 is 2.00 bits per heavy atom. The van der Waals surface area contributed by atoms with E-state index >= 15 is 0 Å². The Kier molecular flexibility index (Phi) is 5.85. The van der Waals surface area contributed by atoms with Crippen molar-refractivity contribution in [1.29, 1.82) is 0 Å². The number of carboxylic acid groups (broad SMARTS) is 1. The molecule has 2 aliphatic rings. The number of carbonyl (C=O) groups is 1. The Morgan fingerprint density at radius 1 is 1.16 bits per heavy atom. The van der Waals surface area contributed by atoms with E-state index in [4.69, 9.17) is 25.6 Å². The number of benzene rings is 2. The number of aromatic carboxylic acids is 1. The molecule has 1 fully saturated rings. The smallest absolute Gasteiger partial charge is 0.335 e. The SMILES string of the molecule is Cc1cccc(Cl)c1-c1noc(C2CC2)c1COc1ccc2c(n1)C(O)Cc1ccc(C(=O)O)cc1O2. The van der Waals surface area contributed by atoms with E-state index in [1.165, 1.54) is 12.1 Å². The predicted octanol–water partition coefficient (Wildman–Crippen LogP) is 6.23. The summed E-state index contributed by atoms with van der Waals surface area (Å²) in [5.74, 6) is 1.10. The van der Waals surface area contributed by atoms with Gasteiger partial charge in [0.25, 0.3) is 0 Å². The molecule has 6 rings (SSSR count). The Balaban J connectivity index is 1.29. The second kappa shape index (κ2) is 9.21. The highest BCUT2D eigenvalue weighted by Gasteiger charge is 2.34. The lowest BCUT2D eigenvalue weighted by Crippen LogP contribution is -2.06. The van der Waals surface area contributed by atoms with Crippen LogP contribution in [0.4, 0.5) is 0 Å². The molecule has 0 saturated heterocycles. The first-order valence-corrected chi connectivity index (χ1v) is 12.4. The van der Waals surface area contributed by atoms with Gasteiger partial charge in [-0.1, -0.05) is 35.0 Å². The van der Waals surface area contributed by atoms with E-state index in [-0.39, 0.29) is 18.6 Å². The molecule has 0 spiro atoms. The number of fused-ring (bicyclic) bond motifs is 2. The number of hydrogen-bond donors (Lipinski definition) is 2. The molecule has 3 heterocycles. The molecule has 2 aromatic heterocycles. The summed E-state index contributed by atoms with van der Waals surface area (Å²) in [6.07, 6.45) is 1.35. The van der Waals surface area contributed by atoms with Gasteiger partial charge in [0.1, 0.15) is 35.6 Å². The highest BCUT2D eigenvalue weighted by Crippen LogP contribution is 2.45. The predicted molar refractivity (Wildman–Crippen MR) is 134 cm³/mol. The van der Waals surface area contributed by atoms with Crippen LogP contribution in [0.15, 0.2) is 53.1 Å². The fraction of sp³-hybridized carbons (Fsp3) is 0.250. The minimum atomic E-state index is -1.05. The summed E-state index contributed by atoms with van der Waals surface area (Å²) in [6.45, 7) is 2.14. The number of aliphatic hydroxyl groups is 1. The zero-order valence-corrected chi connectivity index (χ0v) is 20.7. The van der Waals surface area contributed by atoms with Gasteiger partial charge >= 0.3 is 5.97 Å². The first kappa shape index (κ1) is 23.5. The number of aryl methyl sites for hydroxylation is 1. The zero-order chi connectivity index (χ0) is 25.7. The van der Waals surface area contributed by atoms with E-state index in [1.54, 1.807) is 18.2 Å². The molecule has 1 atom stereocenters. The standard InChI is InChI=1S/C28H23ClN2O6/c1-14-3-2-4-19(29)24(14)25-18(27(37-31-25)15-5-6-15)13-35-23-10-9-21-26(30-23)20(32)11-16-7-8-17(28(33)34)12-22(16)36-21/h2-4,7-10,12,15,20,32H,5-6,11,13H2,1H3,(H,33,34). The van der Waals surface area contributed by atoms with Crippen molar-refractivity contribution in [2.45, 2.75) is 44.8 Å². The molecule has 2 aromatic carbocycles. The Bertz CT molecular complexity index is 1510. The summed E-state index contributed by atoms with van der Waals surface area (Å²) in [4.78, 5) is 15.9. The van der Waals surface area contributed by atoms with Crippen LogP contribution in [-0.4, -0.2) is 26.3 Å². The maximum atomic E-state index is 11.4. The summed E-state index contributed by atoms with van der Waals surface area (Å²) in [5.41, 5.74) is 4.41. The number of aliphatic hydroxyl groups excluding tert-OH is 1. The minimum absolute atomic E-state index is 0.106. The Labute approximate surface area is 217 Å². The van der Waals surface area contributed by atoms with Gasteiger partial charge in [0.15, 0.2) is 5.75 Å². The topological polar surface area (TPSA) is 115 Å². The number of ether oxygens (including phenoxy) is 2. The fourth-order valence-electron chi connectivity index (χ4n) is 4.63. The fourth-order valence-corrected chi connectivity index (χ4v) is 4.94.